The number of amides is 1. The molecule has 5 aliphatic rings. The lowest BCUT2D eigenvalue weighted by Gasteiger charge is -2.39. The van der Waals surface area contributed by atoms with Crippen molar-refractivity contribution in [2.75, 3.05) is 13.1 Å². The Balaban J connectivity index is 1.07. The van der Waals surface area contributed by atoms with E-state index < -0.39 is 5.60 Å². The van der Waals surface area contributed by atoms with Crippen molar-refractivity contribution in [2.24, 2.45) is 27.0 Å². The van der Waals surface area contributed by atoms with Crippen LogP contribution in [-0.4, -0.2) is 74.4 Å². The minimum atomic E-state index is -0.471. The van der Waals surface area contributed by atoms with Gasteiger partial charge in [0.05, 0.1) is 18.0 Å². The maximum Gasteiger partial charge on any atom is 0.410 e. The highest BCUT2D eigenvalue weighted by molar-refractivity contribution is 6.10. The second kappa shape index (κ2) is 9.41. The van der Waals surface area contributed by atoms with Gasteiger partial charge in [0.25, 0.3) is 0 Å². The molecule has 3 unspecified atom stereocenters. The predicted octanol–water partition coefficient (Wildman–Crippen LogP) is 3.58. The molecule has 6 rings (SSSR count). The number of carbonyl (C=O) groups is 1. The summed E-state index contributed by atoms with van der Waals surface area (Å²) in [5.41, 5.74) is 6.98. The Morgan fingerprint density at radius 1 is 1.18 bits per heavy atom. The molecule has 5 heterocycles. The number of aliphatic imine (C=N–C) groups is 1. The number of amidine groups is 1. The molecule has 1 aromatic heterocycles. The second-order valence-corrected chi connectivity index (χ2v) is 11.5. The van der Waals surface area contributed by atoms with Gasteiger partial charge in [-0.3, -0.25) is 15.1 Å². The Bertz CT molecular complexity index is 1330. The molecule has 1 saturated heterocycles. The molecule has 0 aromatic carbocycles. The Hall–Kier alpha value is -3.95. The van der Waals surface area contributed by atoms with E-state index in [1.165, 1.54) is 5.57 Å². The molecular formula is C28H34N8O2. The summed E-state index contributed by atoms with van der Waals surface area (Å²) in [7, 11) is 0. The lowest BCUT2D eigenvalue weighted by molar-refractivity contribution is -0.00383. The molecule has 1 aromatic rings. The van der Waals surface area contributed by atoms with Crippen molar-refractivity contribution >= 4 is 29.4 Å². The van der Waals surface area contributed by atoms with Crippen molar-refractivity contribution in [1.29, 1.82) is 0 Å². The summed E-state index contributed by atoms with van der Waals surface area (Å²) in [5.74, 6) is 1.47. The number of hydrazone groups is 2. The topological polar surface area (TPSA) is 99.7 Å². The maximum absolute atomic E-state index is 12.2. The SMILES string of the molecule is CC1=NN2C(CC3=CC4C=C(c5cnn(CC6CN(C(=O)OC(C)(C)C)C6)c5)C=NC4C=C3)=NNC2C=C1. The summed E-state index contributed by atoms with van der Waals surface area (Å²) in [4.78, 5) is 18.7. The molecule has 0 radical (unpaired) electrons. The molecule has 3 atom stereocenters. The second-order valence-electron chi connectivity index (χ2n) is 11.5. The van der Waals surface area contributed by atoms with E-state index in [-0.39, 0.29) is 24.2 Å². The Kier molecular flexibility index (Phi) is 6.04. The van der Waals surface area contributed by atoms with Crippen LogP contribution in [0.25, 0.3) is 5.57 Å². The zero-order valence-electron chi connectivity index (χ0n) is 22.3. The third-order valence-electron chi connectivity index (χ3n) is 7.09. The van der Waals surface area contributed by atoms with E-state index in [0.717, 1.165) is 29.2 Å². The van der Waals surface area contributed by atoms with Gasteiger partial charge in [-0.05, 0) is 51.0 Å². The fraction of sp³-hybridized carbons (Fsp3) is 0.464. The summed E-state index contributed by atoms with van der Waals surface area (Å²) >= 11 is 0. The number of nitrogens with zero attached hydrogens (tertiary/aromatic N) is 7. The van der Waals surface area contributed by atoms with E-state index in [0.29, 0.717) is 25.4 Å². The van der Waals surface area contributed by atoms with Gasteiger partial charge >= 0.3 is 6.09 Å². The molecule has 0 bridgehead atoms. The van der Waals surface area contributed by atoms with E-state index in [1.54, 1.807) is 4.90 Å². The molecule has 10 heteroatoms. The third kappa shape index (κ3) is 5.07. The first-order chi connectivity index (χ1) is 18.2. The van der Waals surface area contributed by atoms with Crippen LogP contribution in [0.3, 0.4) is 0 Å². The number of allylic oxidation sites excluding steroid dienone is 3. The molecule has 1 fully saturated rings. The number of dihydropyridines is 1. The van der Waals surface area contributed by atoms with Crippen LogP contribution >= 0.6 is 0 Å². The van der Waals surface area contributed by atoms with Gasteiger partial charge in [-0.2, -0.15) is 15.3 Å². The number of aromatic nitrogens is 2. The van der Waals surface area contributed by atoms with Crippen LogP contribution < -0.4 is 5.43 Å². The van der Waals surface area contributed by atoms with Crippen molar-refractivity contribution in [2.45, 2.75) is 58.5 Å². The van der Waals surface area contributed by atoms with Crippen molar-refractivity contribution in [3.05, 3.63) is 60.0 Å². The van der Waals surface area contributed by atoms with E-state index in [1.807, 2.05) is 55.9 Å². The number of fused-ring (bicyclic) bond motifs is 2. The number of carbonyl (C=O) groups excluding carboxylic acids is 1. The zero-order chi connectivity index (χ0) is 26.4. The van der Waals surface area contributed by atoms with Crippen LogP contribution in [0.4, 0.5) is 4.79 Å². The highest BCUT2D eigenvalue weighted by atomic mass is 16.6. The summed E-state index contributed by atoms with van der Waals surface area (Å²) in [6, 6.07) is 0.112. The normalized spacial score (nSPS) is 26.1. The quantitative estimate of drug-likeness (QED) is 0.648. The van der Waals surface area contributed by atoms with Crippen LogP contribution in [0.1, 0.15) is 39.7 Å². The summed E-state index contributed by atoms with van der Waals surface area (Å²) < 4.78 is 7.42. The van der Waals surface area contributed by atoms with E-state index in [2.05, 4.69) is 57.3 Å². The lowest BCUT2D eigenvalue weighted by Crippen LogP contribution is -2.52. The van der Waals surface area contributed by atoms with Crippen molar-refractivity contribution in [1.82, 2.24) is 25.1 Å². The third-order valence-corrected chi connectivity index (χ3v) is 7.09. The fourth-order valence-corrected chi connectivity index (χ4v) is 5.18. The lowest BCUT2D eigenvalue weighted by atomic mass is 9.86. The average molecular weight is 515 g/mol. The number of likely N-dealkylation sites (tertiary alicyclic amines) is 1. The highest BCUT2D eigenvalue weighted by Crippen LogP contribution is 2.31. The minimum Gasteiger partial charge on any atom is -0.444 e. The molecule has 10 nitrogen and oxygen atoms in total. The molecule has 1 aliphatic carbocycles. The van der Waals surface area contributed by atoms with Crippen LogP contribution in [0.15, 0.2) is 69.6 Å². The molecule has 0 saturated carbocycles. The van der Waals surface area contributed by atoms with E-state index in [4.69, 9.17) is 9.73 Å². The monoisotopic (exact) mass is 514 g/mol. The Labute approximate surface area is 222 Å². The standard InChI is InChI=1S/C28H34N8O2/c1-18-5-8-25-31-32-26(36(25)33-18)10-19-6-7-24-21(9-19)11-22(12-29-24)23-13-30-35(17-23)16-20-14-34(15-20)27(37)38-28(2,3)4/h5-9,11-13,17,20-21,24-25,31H,10,14-16H2,1-4H3. The fourth-order valence-electron chi connectivity index (χ4n) is 5.18. The smallest absolute Gasteiger partial charge is 0.410 e. The molecule has 4 aliphatic heterocycles. The summed E-state index contributed by atoms with van der Waals surface area (Å²) in [6.07, 6.45) is 19.4. The molecule has 38 heavy (non-hydrogen) atoms. The summed E-state index contributed by atoms with van der Waals surface area (Å²) in [5, 5.41) is 15.7. The number of ether oxygens (including phenoxy) is 1. The predicted molar refractivity (Wildman–Crippen MR) is 148 cm³/mol. The van der Waals surface area contributed by atoms with Gasteiger partial charge in [0.15, 0.2) is 12.0 Å². The van der Waals surface area contributed by atoms with Gasteiger partial charge in [0.1, 0.15) is 5.60 Å². The zero-order valence-corrected chi connectivity index (χ0v) is 22.3. The molecule has 198 valence electrons. The number of nitrogens with one attached hydrogen (secondary N) is 1. The van der Waals surface area contributed by atoms with Crippen LogP contribution in [0.5, 0.6) is 0 Å². The van der Waals surface area contributed by atoms with Gasteiger partial charge in [-0.25, -0.2) is 9.80 Å². The maximum atomic E-state index is 12.2. The molecular weight excluding hydrogens is 480 g/mol. The minimum absolute atomic E-state index is 0.00254. The number of rotatable bonds is 5. The van der Waals surface area contributed by atoms with Crippen LogP contribution in [-0.2, 0) is 11.3 Å². The van der Waals surface area contributed by atoms with Crippen LogP contribution in [0.2, 0.25) is 0 Å². The highest BCUT2D eigenvalue weighted by Gasteiger charge is 2.34. The molecule has 1 amide bonds. The van der Waals surface area contributed by atoms with Gasteiger partial charge in [-0.1, -0.05) is 24.3 Å². The first-order valence-electron chi connectivity index (χ1n) is 13.2. The van der Waals surface area contributed by atoms with Crippen molar-refractivity contribution in [3.8, 4) is 0 Å². The first kappa shape index (κ1) is 24.4. The molecule has 0 spiro atoms. The van der Waals surface area contributed by atoms with E-state index in [9.17, 15) is 4.79 Å². The van der Waals surface area contributed by atoms with Gasteiger partial charge in [0.2, 0.25) is 0 Å². The first-order valence-corrected chi connectivity index (χ1v) is 13.2. The van der Waals surface area contributed by atoms with Gasteiger partial charge in [-0.15, -0.1) is 0 Å². The largest absolute Gasteiger partial charge is 0.444 e. The summed E-state index contributed by atoms with van der Waals surface area (Å²) in [6.45, 7) is 9.81. The molecule has 1 N–H and O–H groups in total. The van der Waals surface area contributed by atoms with E-state index >= 15 is 0 Å². The average Bonchev–Trinajstić information content (AvgIpc) is 3.46. The Morgan fingerprint density at radius 3 is 2.84 bits per heavy atom. The Morgan fingerprint density at radius 2 is 2.03 bits per heavy atom. The van der Waals surface area contributed by atoms with Crippen molar-refractivity contribution < 1.29 is 9.53 Å². The van der Waals surface area contributed by atoms with Crippen molar-refractivity contribution in [3.63, 3.8) is 0 Å². The van der Waals surface area contributed by atoms with Gasteiger partial charge < -0.3 is 9.64 Å². The number of hydrogen-bond donors (Lipinski definition) is 1. The number of hydrogen-bond acceptors (Lipinski definition) is 8. The van der Waals surface area contributed by atoms with Crippen LogP contribution in [0, 0.1) is 11.8 Å². The van der Waals surface area contributed by atoms with Gasteiger partial charge in [0, 0.05) is 55.9 Å².